The van der Waals surface area contributed by atoms with Gasteiger partial charge in [-0.1, -0.05) is 28.1 Å². The predicted molar refractivity (Wildman–Crippen MR) is 134 cm³/mol. The summed E-state index contributed by atoms with van der Waals surface area (Å²) < 4.78 is 14.4. The first-order valence-corrected chi connectivity index (χ1v) is 13.0. The molecule has 2 fully saturated rings. The second kappa shape index (κ2) is 11.9. The summed E-state index contributed by atoms with van der Waals surface area (Å²) in [5.74, 6) is -0.466. The van der Waals surface area contributed by atoms with E-state index < -0.39 is 5.91 Å². The number of carbonyl (C=O) groups is 1. The highest BCUT2D eigenvalue weighted by atomic mass is 79.9. The van der Waals surface area contributed by atoms with Crippen LogP contribution in [0.2, 0.25) is 0 Å². The zero-order valence-electron chi connectivity index (χ0n) is 18.8. The molecule has 2 saturated heterocycles. The Morgan fingerprint density at radius 1 is 1.32 bits per heavy atom. The SMILES string of the molecule is N#CC(C(=O)NCCN1CCOCC1)=c1sc(=Cc2cccc(Br)c2)c(=O)n1CC1CCCO1. The molecular weight excluding hydrogens is 520 g/mol. The average molecular weight is 547 g/mol. The molecule has 0 spiro atoms. The Hall–Kier alpha value is -2.29. The minimum atomic E-state index is -0.466. The molecule has 2 aromatic rings. The number of nitrogens with one attached hydrogen (secondary N) is 1. The van der Waals surface area contributed by atoms with Crippen LogP contribution in [0.5, 0.6) is 0 Å². The summed E-state index contributed by atoms with van der Waals surface area (Å²) in [4.78, 5) is 28.5. The van der Waals surface area contributed by atoms with Crippen molar-refractivity contribution in [2.75, 3.05) is 46.0 Å². The largest absolute Gasteiger partial charge is 0.379 e. The van der Waals surface area contributed by atoms with Crippen LogP contribution in [0, 0.1) is 11.3 Å². The van der Waals surface area contributed by atoms with Gasteiger partial charge in [0, 0.05) is 37.3 Å². The fraction of sp³-hybridized carbons (Fsp3) is 0.458. The molecule has 2 aliphatic heterocycles. The number of nitriles is 1. The summed E-state index contributed by atoms with van der Waals surface area (Å²) in [6, 6.07) is 9.67. The van der Waals surface area contributed by atoms with Gasteiger partial charge < -0.3 is 14.8 Å². The second-order valence-corrected chi connectivity index (χ2v) is 10.2. The van der Waals surface area contributed by atoms with Gasteiger partial charge in [0.05, 0.1) is 30.4 Å². The number of hydrogen-bond acceptors (Lipinski definition) is 7. The molecule has 34 heavy (non-hydrogen) atoms. The van der Waals surface area contributed by atoms with Crippen LogP contribution in [0.3, 0.4) is 0 Å². The van der Waals surface area contributed by atoms with Gasteiger partial charge in [-0.05, 0) is 36.6 Å². The van der Waals surface area contributed by atoms with Crippen LogP contribution in [0.15, 0.2) is 33.5 Å². The van der Waals surface area contributed by atoms with Crippen molar-refractivity contribution in [1.29, 1.82) is 5.26 Å². The van der Waals surface area contributed by atoms with E-state index in [2.05, 4.69) is 26.1 Å². The van der Waals surface area contributed by atoms with Crippen molar-refractivity contribution < 1.29 is 14.3 Å². The molecule has 1 atom stereocenters. The lowest BCUT2D eigenvalue weighted by Crippen LogP contribution is -2.42. The highest BCUT2D eigenvalue weighted by molar-refractivity contribution is 9.10. The molecule has 3 heterocycles. The van der Waals surface area contributed by atoms with E-state index in [-0.39, 0.29) is 17.2 Å². The normalized spacial score (nSPS) is 20.2. The number of thiazole rings is 1. The number of carbonyl (C=O) groups excluding carboxylic acids is 1. The van der Waals surface area contributed by atoms with E-state index in [4.69, 9.17) is 9.47 Å². The summed E-state index contributed by atoms with van der Waals surface area (Å²) in [5, 5.41) is 12.7. The summed E-state index contributed by atoms with van der Waals surface area (Å²) in [6.07, 6.45) is 3.47. The van der Waals surface area contributed by atoms with Crippen LogP contribution in [0.4, 0.5) is 0 Å². The van der Waals surface area contributed by atoms with E-state index in [1.807, 2.05) is 30.3 Å². The third kappa shape index (κ3) is 6.23. The van der Waals surface area contributed by atoms with Crippen molar-refractivity contribution in [3.05, 3.63) is 53.9 Å². The van der Waals surface area contributed by atoms with Gasteiger partial charge in [0.25, 0.3) is 11.5 Å². The summed E-state index contributed by atoms with van der Waals surface area (Å²) >= 11 is 4.62. The maximum absolute atomic E-state index is 13.3. The van der Waals surface area contributed by atoms with E-state index >= 15 is 0 Å². The molecule has 1 aromatic heterocycles. The minimum Gasteiger partial charge on any atom is -0.379 e. The Kier molecular flexibility index (Phi) is 8.69. The monoisotopic (exact) mass is 546 g/mol. The van der Waals surface area contributed by atoms with E-state index in [1.54, 1.807) is 6.08 Å². The molecule has 1 N–H and O–H groups in total. The number of aromatic nitrogens is 1. The van der Waals surface area contributed by atoms with Gasteiger partial charge in [0.15, 0.2) is 5.57 Å². The average Bonchev–Trinajstić information content (AvgIpc) is 3.45. The number of hydrogen-bond donors (Lipinski definition) is 1. The van der Waals surface area contributed by atoms with Crippen molar-refractivity contribution in [3.8, 4) is 6.07 Å². The van der Waals surface area contributed by atoms with Crippen molar-refractivity contribution >= 4 is 44.8 Å². The van der Waals surface area contributed by atoms with E-state index in [0.717, 1.165) is 36.0 Å². The number of halogens is 1. The van der Waals surface area contributed by atoms with Crippen LogP contribution in [-0.2, 0) is 20.8 Å². The van der Waals surface area contributed by atoms with E-state index in [1.165, 1.54) is 15.9 Å². The Bertz CT molecular complexity index is 1240. The molecule has 0 radical (unpaired) electrons. The molecule has 4 rings (SSSR count). The first-order valence-electron chi connectivity index (χ1n) is 11.4. The maximum Gasteiger partial charge on any atom is 0.269 e. The van der Waals surface area contributed by atoms with Gasteiger partial charge in [0.1, 0.15) is 10.7 Å². The van der Waals surface area contributed by atoms with Crippen LogP contribution in [0.25, 0.3) is 11.6 Å². The van der Waals surface area contributed by atoms with Gasteiger partial charge >= 0.3 is 0 Å². The Morgan fingerprint density at radius 2 is 2.15 bits per heavy atom. The molecule has 8 nitrogen and oxygen atoms in total. The number of rotatable bonds is 7. The van der Waals surface area contributed by atoms with Crippen molar-refractivity contribution in [2.45, 2.75) is 25.5 Å². The van der Waals surface area contributed by atoms with Crippen molar-refractivity contribution in [1.82, 2.24) is 14.8 Å². The lowest BCUT2D eigenvalue weighted by atomic mass is 10.2. The fourth-order valence-corrected chi connectivity index (χ4v) is 5.57. The van der Waals surface area contributed by atoms with Crippen LogP contribution in [0.1, 0.15) is 18.4 Å². The molecule has 0 bridgehead atoms. The molecule has 0 aliphatic carbocycles. The molecular formula is C24H27BrN4O4S. The molecule has 1 unspecified atom stereocenters. The standard InChI is InChI=1S/C24H27BrN4O4S/c25-18-4-1-3-17(13-18)14-21-23(31)29(16-19-5-2-10-33-19)24(34-21)20(15-26)22(30)27-6-7-28-8-11-32-12-9-28/h1,3-4,13-14,19H,2,5-12,16H2,(H,27,30). The molecule has 1 aromatic carbocycles. The third-order valence-electron chi connectivity index (χ3n) is 5.83. The lowest BCUT2D eigenvalue weighted by molar-refractivity contribution is -0.115. The first kappa shape index (κ1) is 24.8. The van der Waals surface area contributed by atoms with Crippen LogP contribution >= 0.6 is 27.3 Å². The van der Waals surface area contributed by atoms with Gasteiger partial charge in [-0.25, -0.2) is 0 Å². The molecule has 1 amide bonds. The second-order valence-electron chi connectivity index (χ2n) is 8.22. The van der Waals surface area contributed by atoms with E-state index in [0.29, 0.717) is 48.7 Å². The highest BCUT2D eigenvalue weighted by Crippen LogP contribution is 2.13. The van der Waals surface area contributed by atoms with Gasteiger partial charge in [-0.3, -0.25) is 19.1 Å². The van der Waals surface area contributed by atoms with Gasteiger partial charge in [-0.2, -0.15) is 5.26 Å². The van der Waals surface area contributed by atoms with E-state index in [9.17, 15) is 14.9 Å². The molecule has 0 saturated carbocycles. The lowest BCUT2D eigenvalue weighted by Gasteiger charge is -2.26. The highest BCUT2D eigenvalue weighted by Gasteiger charge is 2.21. The quantitative estimate of drug-likeness (QED) is 0.551. The van der Waals surface area contributed by atoms with Crippen molar-refractivity contribution in [2.24, 2.45) is 0 Å². The number of nitrogens with zero attached hydrogens (tertiary/aromatic N) is 3. The minimum absolute atomic E-state index is 0.0454. The first-order chi connectivity index (χ1) is 16.5. The fourth-order valence-electron chi connectivity index (χ4n) is 4.05. The summed E-state index contributed by atoms with van der Waals surface area (Å²) in [7, 11) is 0. The molecule has 180 valence electrons. The summed E-state index contributed by atoms with van der Waals surface area (Å²) in [6.45, 7) is 5.11. The third-order valence-corrected chi connectivity index (χ3v) is 7.46. The number of morpholine rings is 1. The molecule has 2 aliphatic rings. The smallest absolute Gasteiger partial charge is 0.269 e. The number of benzene rings is 1. The number of ether oxygens (including phenoxy) is 2. The Labute approximate surface area is 210 Å². The number of amides is 1. The molecule has 10 heteroatoms. The summed E-state index contributed by atoms with van der Waals surface area (Å²) in [5.41, 5.74) is 0.595. The van der Waals surface area contributed by atoms with Crippen molar-refractivity contribution in [3.63, 3.8) is 0 Å². The van der Waals surface area contributed by atoms with Crippen LogP contribution in [-0.4, -0.2) is 67.5 Å². The van der Waals surface area contributed by atoms with Crippen LogP contribution < -0.4 is 20.1 Å². The Morgan fingerprint density at radius 3 is 2.85 bits per heavy atom. The van der Waals surface area contributed by atoms with Gasteiger partial charge in [0.2, 0.25) is 0 Å². The van der Waals surface area contributed by atoms with Gasteiger partial charge in [-0.15, -0.1) is 11.3 Å². The topological polar surface area (TPSA) is 96.6 Å². The zero-order chi connectivity index (χ0) is 23.9. The Balaban J connectivity index is 1.67. The predicted octanol–water partition coefficient (Wildman–Crippen LogP) is 0.803. The zero-order valence-corrected chi connectivity index (χ0v) is 21.2. The maximum atomic E-state index is 13.3.